The minimum atomic E-state index is -0.201. The summed E-state index contributed by atoms with van der Waals surface area (Å²) in [4.78, 5) is 16.4. The molecule has 2 amide bonds. The number of likely N-dealkylation sites (tertiary alicyclic amines) is 1. The first-order valence-electron chi connectivity index (χ1n) is 10.4. The summed E-state index contributed by atoms with van der Waals surface area (Å²) >= 11 is 0. The van der Waals surface area contributed by atoms with E-state index in [4.69, 9.17) is 4.74 Å². The van der Waals surface area contributed by atoms with Gasteiger partial charge in [-0.25, -0.2) is 9.48 Å². The molecule has 158 valence electrons. The van der Waals surface area contributed by atoms with Crippen LogP contribution < -0.4 is 5.32 Å². The number of ether oxygens (including phenoxy) is 1. The van der Waals surface area contributed by atoms with Gasteiger partial charge in [0.2, 0.25) is 0 Å². The summed E-state index contributed by atoms with van der Waals surface area (Å²) in [5.41, 5.74) is 2.87. The van der Waals surface area contributed by atoms with E-state index in [0.29, 0.717) is 32.8 Å². The molecule has 1 spiro atoms. The van der Waals surface area contributed by atoms with Gasteiger partial charge in [-0.2, -0.15) is 0 Å². The minimum absolute atomic E-state index is 0.0722. The zero-order chi connectivity index (χ0) is 20.4. The first-order chi connectivity index (χ1) is 14.0. The van der Waals surface area contributed by atoms with Crippen LogP contribution in [0.2, 0.25) is 0 Å². The Hall–Kier alpha value is -2.39. The molecule has 0 aliphatic carbocycles. The number of carbonyl (C=O) groups excluding carboxylic acids is 1. The van der Waals surface area contributed by atoms with Crippen molar-refractivity contribution in [1.29, 1.82) is 0 Å². The van der Waals surface area contributed by atoms with Gasteiger partial charge in [-0.05, 0) is 32.4 Å². The standard InChI is InChI=1S/C20H31N7O2/c1-4-26(5-2)19(28)21-11-17-18-13-29-20(15-27(18)23-22-17)8-10-25(14-20)12-16-7-6-9-24(16)3/h6-7,9H,4-5,8,10-15H2,1-3H3,(H,21,28). The highest BCUT2D eigenvalue weighted by Gasteiger charge is 2.43. The van der Waals surface area contributed by atoms with E-state index in [9.17, 15) is 4.79 Å². The Labute approximate surface area is 171 Å². The molecular weight excluding hydrogens is 370 g/mol. The molecule has 0 saturated carbocycles. The molecule has 2 aliphatic rings. The van der Waals surface area contributed by atoms with Gasteiger partial charge in [0.15, 0.2) is 0 Å². The predicted octanol–water partition coefficient (Wildman–Crippen LogP) is 1.34. The Kier molecular flexibility index (Phi) is 5.60. The Morgan fingerprint density at radius 2 is 2.17 bits per heavy atom. The molecule has 9 nitrogen and oxygen atoms in total. The number of hydrogen-bond donors (Lipinski definition) is 1. The van der Waals surface area contributed by atoms with E-state index in [2.05, 4.69) is 50.5 Å². The lowest BCUT2D eigenvalue weighted by molar-refractivity contribution is -0.0845. The number of carbonyl (C=O) groups is 1. The van der Waals surface area contributed by atoms with Crippen molar-refractivity contribution >= 4 is 6.03 Å². The Balaban J connectivity index is 1.36. The van der Waals surface area contributed by atoms with Crippen LogP contribution in [0.15, 0.2) is 18.3 Å². The number of urea groups is 1. The van der Waals surface area contributed by atoms with Gasteiger partial charge in [0, 0.05) is 51.7 Å². The highest BCUT2D eigenvalue weighted by Crippen LogP contribution is 2.33. The second kappa shape index (κ2) is 8.16. The van der Waals surface area contributed by atoms with Gasteiger partial charge in [-0.1, -0.05) is 5.21 Å². The van der Waals surface area contributed by atoms with Crippen molar-refractivity contribution in [2.24, 2.45) is 7.05 Å². The van der Waals surface area contributed by atoms with Gasteiger partial charge >= 0.3 is 6.03 Å². The zero-order valence-corrected chi connectivity index (χ0v) is 17.6. The number of aryl methyl sites for hydroxylation is 1. The van der Waals surface area contributed by atoms with Crippen molar-refractivity contribution in [2.75, 3.05) is 26.2 Å². The first kappa shape index (κ1) is 19.9. The lowest BCUT2D eigenvalue weighted by Gasteiger charge is -2.34. The molecular formula is C20H31N7O2. The molecule has 2 aromatic heterocycles. The maximum atomic E-state index is 12.2. The molecule has 2 aromatic rings. The van der Waals surface area contributed by atoms with E-state index < -0.39 is 0 Å². The van der Waals surface area contributed by atoms with Crippen LogP contribution in [-0.4, -0.2) is 67.2 Å². The number of nitrogens with zero attached hydrogens (tertiary/aromatic N) is 6. The summed E-state index contributed by atoms with van der Waals surface area (Å²) in [6, 6.07) is 4.18. The molecule has 4 heterocycles. The van der Waals surface area contributed by atoms with Gasteiger partial charge in [-0.15, -0.1) is 5.10 Å². The average Bonchev–Trinajstić information content (AvgIpc) is 3.41. The predicted molar refractivity (Wildman–Crippen MR) is 108 cm³/mol. The molecule has 0 radical (unpaired) electrons. The molecule has 1 saturated heterocycles. The van der Waals surface area contributed by atoms with E-state index in [1.807, 2.05) is 18.5 Å². The lowest BCUT2D eigenvalue weighted by Crippen LogP contribution is -2.44. The van der Waals surface area contributed by atoms with E-state index in [1.54, 1.807) is 4.90 Å². The Morgan fingerprint density at radius 3 is 2.90 bits per heavy atom. The van der Waals surface area contributed by atoms with Crippen molar-refractivity contribution < 1.29 is 9.53 Å². The monoisotopic (exact) mass is 401 g/mol. The third kappa shape index (κ3) is 4.02. The normalized spacial score (nSPS) is 21.5. The number of amides is 2. The van der Waals surface area contributed by atoms with Crippen LogP contribution in [0.3, 0.4) is 0 Å². The molecule has 2 aliphatic heterocycles. The Morgan fingerprint density at radius 1 is 1.34 bits per heavy atom. The summed E-state index contributed by atoms with van der Waals surface area (Å²) in [6.45, 7) is 9.73. The maximum Gasteiger partial charge on any atom is 0.317 e. The van der Waals surface area contributed by atoms with Crippen molar-refractivity contribution in [3.63, 3.8) is 0 Å². The largest absolute Gasteiger partial charge is 0.365 e. The van der Waals surface area contributed by atoms with Crippen LogP contribution in [-0.2, 0) is 38.0 Å². The van der Waals surface area contributed by atoms with Crippen LogP contribution >= 0.6 is 0 Å². The van der Waals surface area contributed by atoms with Crippen LogP contribution in [0, 0.1) is 0 Å². The van der Waals surface area contributed by atoms with E-state index in [0.717, 1.165) is 37.4 Å². The SMILES string of the molecule is CCN(CC)C(=O)NCc1nnn2c1COC1(CCN(Cc3cccn3C)C1)C2. The second-order valence-corrected chi connectivity index (χ2v) is 8.01. The molecule has 9 heteroatoms. The third-order valence-corrected chi connectivity index (χ3v) is 6.16. The Bertz CT molecular complexity index is 857. The van der Waals surface area contributed by atoms with Crippen molar-refractivity contribution in [3.05, 3.63) is 35.4 Å². The smallest absolute Gasteiger partial charge is 0.317 e. The minimum Gasteiger partial charge on any atom is -0.365 e. The fraction of sp³-hybridized carbons (Fsp3) is 0.650. The van der Waals surface area contributed by atoms with Crippen molar-refractivity contribution in [2.45, 2.75) is 52.1 Å². The maximum absolute atomic E-state index is 12.2. The molecule has 1 atom stereocenters. The number of hydrogen-bond acceptors (Lipinski definition) is 5. The van der Waals surface area contributed by atoms with Gasteiger partial charge in [0.05, 0.1) is 25.4 Å². The number of rotatable bonds is 6. The zero-order valence-electron chi connectivity index (χ0n) is 17.6. The molecule has 1 fully saturated rings. The molecule has 4 rings (SSSR count). The van der Waals surface area contributed by atoms with Gasteiger partial charge in [0.25, 0.3) is 0 Å². The van der Waals surface area contributed by atoms with E-state index in [1.165, 1.54) is 5.69 Å². The van der Waals surface area contributed by atoms with Crippen LogP contribution in [0.1, 0.15) is 37.4 Å². The highest BCUT2D eigenvalue weighted by atomic mass is 16.5. The number of nitrogens with one attached hydrogen (secondary N) is 1. The molecule has 1 N–H and O–H groups in total. The summed E-state index contributed by atoms with van der Waals surface area (Å²) in [5.74, 6) is 0. The van der Waals surface area contributed by atoms with Crippen LogP contribution in [0.4, 0.5) is 4.79 Å². The average molecular weight is 402 g/mol. The van der Waals surface area contributed by atoms with Crippen LogP contribution in [0.5, 0.6) is 0 Å². The lowest BCUT2D eigenvalue weighted by atomic mass is 10.0. The van der Waals surface area contributed by atoms with Gasteiger partial charge in [0.1, 0.15) is 11.3 Å². The summed E-state index contributed by atoms with van der Waals surface area (Å²) in [7, 11) is 2.08. The van der Waals surface area contributed by atoms with Crippen molar-refractivity contribution in [1.82, 2.24) is 34.7 Å². The van der Waals surface area contributed by atoms with E-state index >= 15 is 0 Å². The topological polar surface area (TPSA) is 80.4 Å². The number of aromatic nitrogens is 4. The summed E-state index contributed by atoms with van der Waals surface area (Å²) < 4.78 is 10.5. The molecule has 1 unspecified atom stereocenters. The number of fused-ring (bicyclic) bond motifs is 1. The van der Waals surface area contributed by atoms with Gasteiger partial charge < -0.3 is 19.5 Å². The molecule has 0 bridgehead atoms. The second-order valence-electron chi connectivity index (χ2n) is 8.01. The first-order valence-corrected chi connectivity index (χ1v) is 10.4. The van der Waals surface area contributed by atoms with Crippen LogP contribution in [0.25, 0.3) is 0 Å². The van der Waals surface area contributed by atoms with Crippen molar-refractivity contribution in [3.8, 4) is 0 Å². The van der Waals surface area contributed by atoms with Gasteiger partial charge in [-0.3, -0.25) is 4.90 Å². The quantitative estimate of drug-likeness (QED) is 0.790. The fourth-order valence-corrected chi connectivity index (χ4v) is 4.31. The molecule has 0 aromatic carbocycles. The van der Waals surface area contributed by atoms with E-state index in [-0.39, 0.29) is 11.6 Å². The summed E-state index contributed by atoms with van der Waals surface area (Å²) in [5, 5.41) is 11.6. The fourth-order valence-electron chi connectivity index (χ4n) is 4.31. The third-order valence-electron chi connectivity index (χ3n) is 6.16. The molecule has 29 heavy (non-hydrogen) atoms. The highest BCUT2D eigenvalue weighted by molar-refractivity contribution is 5.74. The summed E-state index contributed by atoms with van der Waals surface area (Å²) in [6.07, 6.45) is 3.07.